The van der Waals surface area contributed by atoms with Crippen molar-refractivity contribution in [2.45, 2.75) is 25.7 Å². The molecule has 0 spiro atoms. The predicted molar refractivity (Wildman–Crippen MR) is 140 cm³/mol. The fourth-order valence-electron chi connectivity index (χ4n) is 4.23. The molecule has 3 aromatic carbocycles. The van der Waals surface area contributed by atoms with Crippen molar-refractivity contribution in [3.63, 3.8) is 0 Å². The molecule has 2 aliphatic rings. The second-order valence-electron chi connectivity index (χ2n) is 8.67. The molecule has 0 heterocycles. The highest BCUT2D eigenvalue weighted by Crippen LogP contribution is 2.28. The molecule has 36 heavy (non-hydrogen) atoms. The molecule has 0 fully saturated rings. The lowest BCUT2D eigenvalue weighted by atomic mass is 9.90. The van der Waals surface area contributed by atoms with Gasteiger partial charge in [-0.1, -0.05) is 60.7 Å². The van der Waals surface area contributed by atoms with Crippen molar-refractivity contribution in [3.05, 3.63) is 143 Å². The van der Waals surface area contributed by atoms with Gasteiger partial charge in [0, 0.05) is 35.1 Å². The summed E-state index contributed by atoms with van der Waals surface area (Å²) in [6, 6.07) is 23.4. The maximum atomic E-state index is 13.4. The van der Waals surface area contributed by atoms with E-state index in [9.17, 15) is 9.59 Å². The van der Waals surface area contributed by atoms with Crippen LogP contribution in [-0.4, -0.2) is 11.6 Å². The predicted octanol–water partition coefficient (Wildman–Crippen LogP) is 7.75. The van der Waals surface area contributed by atoms with Crippen LogP contribution in [0.25, 0.3) is 0 Å². The first-order valence-corrected chi connectivity index (χ1v) is 12.1. The second-order valence-corrected chi connectivity index (χ2v) is 8.67. The summed E-state index contributed by atoms with van der Waals surface area (Å²) in [7, 11) is 0. The van der Waals surface area contributed by atoms with Gasteiger partial charge in [0.1, 0.15) is 23.0 Å². The number of benzene rings is 3. The second kappa shape index (κ2) is 10.9. The maximum absolute atomic E-state index is 13.4. The van der Waals surface area contributed by atoms with Crippen molar-refractivity contribution in [1.82, 2.24) is 0 Å². The number of carbonyl (C=O) groups is 2. The van der Waals surface area contributed by atoms with Crippen LogP contribution in [0, 0.1) is 0 Å². The highest BCUT2D eigenvalue weighted by molar-refractivity contribution is 6.19. The lowest BCUT2D eigenvalue weighted by molar-refractivity contribution is 0.0998. The normalized spacial score (nSPS) is 14.8. The van der Waals surface area contributed by atoms with Crippen molar-refractivity contribution in [2.24, 2.45) is 0 Å². The number of carbonyl (C=O) groups excluding carboxylic acids is 2. The van der Waals surface area contributed by atoms with Gasteiger partial charge in [0.25, 0.3) is 0 Å². The van der Waals surface area contributed by atoms with Crippen LogP contribution >= 0.6 is 0 Å². The van der Waals surface area contributed by atoms with Crippen LogP contribution in [0.4, 0.5) is 0 Å². The number of allylic oxidation sites excluding steroid dienone is 8. The Balaban J connectivity index is 1.31. The SMILES string of the molecule is O=C(C1=CC=C(OC2=CC=CCC2)CC1)c1ccccc1C(=O)c1ccc(Oc2ccccc2)cc1. The fourth-order valence-corrected chi connectivity index (χ4v) is 4.23. The van der Waals surface area contributed by atoms with E-state index in [0.29, 0.717) is 40.9 Å². The molecule has 0 atom stereocenters. The molecule has 4 heteroatoms. The third kappa shape index (κ3) is 5.44. The average Bonchev–Trinajstić information content (AvgIpc) is 2.94. The molecule has 3 aromatic rings. The topological polar surface area (TPSA) is 52.6 Å². The summed E-state index contributed by atoms with van der Waals surface area (Å²) >= 11 is 0. The van der Waals surface area contributed by atoms with Gasteiger partial charge in [-0.3, -0.25) is 9.59 Å². The minimum absolute atomic E-state index is 0.127. The molecule has 0 N–H and O–H groups in total. The Kier molecular flexibility index (Phi) is 7.04. The smallest absolute Gasteiger partial charge is 0.193 e. The number of hydrogen-bond acceptors (Lipinski definition) is 4. The average molecular weight is 475 g/mol. The molecule has 4 nitrogen and oxygen atoms in total. The summed E-state index contributed by atoms with van der Waals surface area (Å²) < 4.78 is 11.8. The van der Waals surface area contributed by atoms with Crippen LogP contribution in [0.5, 0.6) is 11.5 Å². The Labute approximate surface area is 210 Å². The van der Waals surface area contributed by atoms with Crippen LogP contribution in [0.15, 0.2) is 126 Å². The molecule has 0 aromatic heterocycles. The van der Waals surface area contributed by atoms with Crippen LogP contribution in [0.2, 0.25) is 0 Å². The zero-order chi connectivity index (χ0) is 24.7. The van der Waals surface area contributed by atoms with Gasteiger partial charge in [-0.25, -0.2) is 0 Å². The van der Waals surface area contributed by atoms with Gasteiger partial charge in [0.15, 0.2) is 11.6 Å². The van der Waals surface area contributed by atoms with Crippen LogP contribution in [0.1, 0.15) is 52.0 Å². The van der Waals surface area contributed by atoms with E-state index in [1.54, 1.807) is 48.5 Å². The number of ketones is 2. The zero-order valence-corrected chi connectivity index (χ0v) is 19.9. The fraction of sp³-hybridized carbons (Fsp3) is 0.125. The van der Waals surface area contributed by atoms with E-state index in [0.717, 1.165) is 30.1 Å². The van der Waals surface area contributed by atoms with Gasteiger partial charge >= 0.3 is 0 Å². The molecule has 0 saturated heterocycles. The minimum Gasteiger partial charge on any atom is -0.466 e. The van der Waals surface area contributed by atoms with E-state index >= 15 is 0 Å². The maximum Gasteiger partial charge on any atom is 0.193 e. The summed E-state index contributed by atoms with van der Waals surface area (Å²) in [5.41, 5.74) is 1.98. The molecular weight excluding hydrogens is 448 g/mol. The van der Waals surface area contributed by atoms with E-state index in [1.807, 2.05) is 54.6 Å². The largest absolute Gasteiger partial charge is 0.466 e. The number of hydrogen-bond donors (Lipinski definition) is 0. The van der Waals surface area contributed by atoms with Crippen molar-refractivity contribution in [1.29, 1.82) is 0 Å². The zero-order valence-electron chi connectivity index (χ0n) is 19.9. The summed E-state index contributed by atoms with van der Waals surface area (Å²) in [5.74, 6) is 2.84. The molecule has 0 saturated carbocycles. The van der Waals surface area contributed by atoms with Crippen molar-refractivity contribution in [2.75, 3.05) is 0 Å². The van der Waals surface area contributed by atoms with Gasteiger partial charge in [0.05, 0.1) is 0 Å². The molecule has 178 valence electrons. The van der Waals surface area contributed by atoms with Gasteiger partial charge in [-0.15, -0.1) is 0 Å². The molecule has 0 radical (unpaired) electrons. The van der Waals surface area contributed by atoms with Gasteiger partial charge < -0.3 is 9.47 Å². The quantitative estimate of drug-likeness (QED) is 0.313. The summed E-state index contributed by atoms with van der Waals surface area (Å²) in [6.07, 6.45) is 12.9. The molecule has 5 rings (SSSR count). The lowest BCUT2D eigenvalue weighted by Crippen LogP contribution is -2.13. The number of rotatable bonds is 8. The number of para-hydroxylation sites is 1. The Bertz CT molecular complexity index is 1390. The first kappa shape index (κ1) is 23.3. The van der Waals surface area contributed by atoms with Crippen LogP contribution in [-0.2, 0) is 4.74 Å². The lowest BCUT2D eigenvalue weighted by Gasteiger charge is -2.18. The Morgan fingerprint density at radius 3 is 1.92 bits per heavy atom. The molecule has 0 bridgehead atoms. The first-order valence-electron chi connectivity index (χ1n) is 12.1. The first-order chi connectivity index (χ1) is 17.7. The van der Waals surface area contributed by atoms with E-state index in [2.05, 4.69) is 6.08 Å². The third-order valence-corrected chi connectivity index (χ3v) is 6.15. The molecular formula is C32H26O4. The third-order valence-electron chi connectivity index (χ3n) is 6.15. The molecule has 0 amide bonds. The van der Waals surface area contributed by atoms with Gasteiger partial charge in [-0.2, -0.15) is 0 Å². The van der Waals surface area contributed by atoms with Gasteiger partial charge in [0.2, 0.25) is 0 Å². The van der Waals surface area contributed by atoms with E-state index < -0.39 is 0 Å². The summed E-state index contributed by atoms with van der Waals surface area (Å²) in [4.78, 5) is 26.7. The van der Waals surface area contributed by atoms with Crippen molar-refractivity contribution >= 4 is 11.6 Å². The molecule has 2 aliphatic carbocycles. The van der Waals surface area contributed by atoms with Crippen molar-refractivity contribution in [3.8, 4) is 11.5 Å². The van der Waals surface area contributed by atoms with Crippen LogP contribution in [0.3, 0.4) is 0 Å². The summed E-state index contributed by atoms with van der Waals surface area (Å²) in [5, 5.41) is 0. The van der Waals surface area contributed by atoms with Gasteiger partial charge in [-0.05, 0) is 61.4 Å². The highest BCUT2D eigenvalue weighted by Gasteiger charge is 2.22. The highest BCUT2D eigenvalue weighted by atomic mass is 16.5. The van der Waals surface area contributed by atoms with Crippen LogP contribution < -0.4 is 4.74 Å². The Hall–Kier alpha value is -4.44. The Morgan fingerprint density at radius 1 is 0.583 bits per heavy atom. The van der Waals surface area contributed by atoms with E-state index in [-0.39, 0.29) is 11.6 Å². The van der Waals surface area contributed by atoms with Crippen molar-refractivity contribution < 1.29 is 19.1 Å². The Morgan fingerprint density at radius 2 is 1.25 bits per heavy atom. The number of Topliss-reactive ketones (excluding diaryl/α,β-unsaturated/α-hetero) is 1. The van der Waals surface area contributed by atoms with E-state index in [1.165, 1.54) is 0 Å². The molecule has 0 unspecified atom stereocenters. The standard InChI is InChI=1S/C32H26O4/c33-31(23-15-19-27(20-16-23)35-25-9-3-1-4-10-25)29-13-7-8-14-30(29)32(34)24-17-21-28(22-18-24)36-26-11-5-2-6-12-26/h1-5,7-11,13-17,19-21H,6,12,18,22H2. The minimum atomic E-state index is -0.196. The van der Waals surface area contributed by atoms with E-state index in [4.69, 9.17) is 9.47 Å². The summed E-state index contributed by atoms with van der Waals surface area (Å²) in [6.45, 7) is 0. The molecule has 0 aliphatic heterocycles. The number of ether oxygens (including phenoxy) is 2. The monoisotopic (exact) mass is 474 g/mol.